The lowest BCUT2D eigenvalue weighted by molar-refractivity contribution is -0.0732. The van der Waals surface area contributed by atoms with Crippen molar-refractivity contribution in [2.45, 2.75) is 18.9 Å². The Kier molecular flexibility index (Phi) is 6.95. The number of rotatable bonds is 8. The van der Waals surface area contributed by atoms with Crippen LogP contribution in [0, 0.1) is 11.2 Å². The minimum Gasteiger partial charge on any atom is -0.492 e. The van der Waals surface area contributed by atoms with Crippen molar-refractivity contribution in [3.05, 3.63) is 53.4 Å². The second-order valence-electron chi connectivity index (χ2n) is 9.68. The van der Waals surface area contributed by atoms with Crippen LogP contribution in [-0.4, -0.2) is 56.7 Å². The van der Waals surface area contributed by atoms with E-state index in [-0.39, 0.29) is 5.82 Å². The lowest BCUT2D eigenvalue weighted by Crippen LogP contribution is -2.64. The van der Waals surface area contributed by atoms with Gasteiger partial charge in [-0.1, -0.05) is 25.6 Å². The molecule has 2 heterocycles. The SMILES string of the molecule is COc1c(Nc2ncc(Cl)c(Nc3cc(F)ccc3P(C)C)n2)cccc1N1CC2(CC(OC)C2)C1. The van der Waals surface area contributed by atoms with Gasteiger partial charge in [-0.3, -0.25) is 0 Å². The summed E-state index contributed by atoms with van der Waals surface area (Å²) >= 11 is 6.40. The fraction of sp³-hybridized carbons (Fsp3) is 0.385. The van der Waals surface area contributed by atoms with Crippen molar-refractivity contribution in [2.24, 2.45) is 5.41 Å². The van der Waals surface area contributed by atoms with Crippen molar-refractivity contribution < 1.29 is 13.9 Å². The Bertz CT molecular complexity index is 1260. The van der Waals surface area contributed by atoms with Crippen LogP contribution in [0.25, 0.3) is 0 Å². The average Bonchev–Trinajstić information content (AvgIpc) is 2.79. The summed E-state index contributed by atoms with van der Waals surface area (Å²) in [6.07, 6.45) is 4.13. The number of halogens is 2. The highest BCUT2D eigenvalue weighted by Crippen LogP contribution is 2.52. The van der Waals surface area contributed by atoms with E-state index in [1.165, 1.54) is 18.3 Å². The number of aromatic nitrogens is 2. The summed E-state index contributed by atoms with van der Waals surface area (Å²) in [5.41, 5.74) is 2.80. The maximum atomic E-state index is 14.0. The highest BCUT2D eigenvalue weighted by atomic mass is 35.5. The van der Waals surface area contributed by atoms with Gasteiger partial charge in [-0.15, -0.1) is 0 Å². The summed E-state index contributed by atoms with van der Waals surface area (Å²) in [7, 11) is 2.99. The van der Waals surface area contributed by atoms with E-state index in [9.17, 15) is 4.39 Å². The third-order valence-electron chi connectivity index (χ3n) is 6.93. The fourth-order valence-electron chi connectivity index (χ4n) is 5.11. The van der Waals surface area contributed by atoms with Crippen molar-refractivity contribution in [2.75, 3.05) is 56.2 Å². The zero-order valence-electron chi connectivity index (χ0n) is 20.8. The summed E-state index contributed by atoms with van der Waals surface area (Å²) in [5.74, 6) is 1.16. The summed E-state index contributed by atoms with van der Waals surface area (Å²) in [5, 5.41) is 7.84. The van der Waals surface area contributed by atoms with Gasteiger partial charge in [0, 0.05) is 25.6 Å². The van der Waals surface area contributed by atoms with Crippen LogP contribution in [0.5, 0.6) is 5.75 Å². The molecule has 1 saturated heterocycles. The molecule has 1 aromatic heterocycles. The minimum absolute atomic E-state index is 0.324. The highest BCUT2D eigenvalue weighted by molar-refractivity contribution is 7.64. The topological polar surface area (TPSA) is 71.5 Å². The molecule has 1 spiro atoms. The molecular weight excluding hydrogens is 500 g/mol. The summed E-state index contributed by atoms with van der Waals surface area (Å²) in [6.45, 7) is 6.21. The predicted molar refractivity (Wildman–Crippen MR) is 146 cm³/mol. The van der Waals surface area contributed by atoms with Crippen LogP contribution in [0.4, 0.5) is 33.2 Å². The van der Waals surface area contributed by atoms with Crippen LogP contribution in [0.1, 0.15) is 12.8 Å². The number of methoxy groups -OCH3 is 2. The first-order chi connectivity index (χ1) is 17.3. The van der Waals surface area contributed by atoms with Crippen LogP contribution >= 0.6 is 19.5 Å². The molecule has 5 rings (SSSR count). The van der Waals surface area contributed by atoms with E-state index in [1.54, 1.807) is 20.3 Å². The minimum atomic E-state index is -0.462. The molecule has 0 amide bonds. The van der Waals surface area contributed by atoms with Crippen LogP contribution in [0.2, 0.25) is 5.02 Å². The number of para-hydroxylation sites is 1. The van der Waals surface area contributed by atoms with E-state index in [0.29, 0.717) is 34.0 Å². The summed E-state index contributed by atoms with van der Waals surface area (Å²) in [6, 6.07) is 10.7. The van der Waals surface area contributed by atoms with Gasteiger partial charge in [0.2, 0.25) is 5.95 Å². The molecule has 2 fully saturated rings. The van der Waals surface area contributed by atoms with Crippen molar-refractivity contribution in [3.63, 3.8) is 0 Å². The summed E-state index contributed by atoms with van der Waals surface area (Å²) in [4.78, 5) is 11.3. The molecule has 2 aliphatic rings. The van der Waals surface area contributed by atoms with E-state index < -0.39 is 7.92 Å². The molecule has 0 unspecified atom stereocenters. The number of anilines is 5. The van der Waals surface area contributed by atoms with Crippen LogP contribution in [0.15, 0.2) is 42.6 Å². The first kappa shape index (κ1) is 25.0. The fourth-order valence-corrected chi connectivity index (χ4v) is 6.23. The molecule has 1 saturated carbocycles. The number of benzene rings is 2. The van der Waals surface area contributed by atoms with Gasteiger partial charge in [-0.2, -0.15) is 4.98 Å². The zero-order chi connectivity index (χ0) is 25.4. The van der Waals surface area contributed by atoms with Crippen molar-refractivity contribution in [1.82, 2.24) is 9.97 Å². The van der Waals surface area contributed by atoms with Gasteiger partial charge in [0.05, 0.1) is 36.5 Å². The first-order valence-corrected chi connectivity index (χ1v) is 14.4. The van der Waals surface area contributed by atoms with Gasteiger partial charge < -0.3 is 25.0 Å². The Labute approximate surface area is 217 Å². The maximum absolute atomic E-state index is 14.0. The van der Waals surface area contributed by atoms with E-state index in [4.69, 9.17) is 21.1 Å². The van der Waals surface area contributed by atoms with E-state index in [0.717, 1.165) is 48.4 Å². The molecule has 190 valence electrons. The number of hydrogen-bond acceptors (Lipinski definition) is 7. The normalized spacial score (nSPS) is 16.6. The molecule has 3 aromatic rings. The first-order valence-electron chi connectivity index (χ1n) is 11.8. The van der Waals surface area contributed by atoms with Gasteiger partial charge in [0.15, 0.2) is 11.6 Å². The standard InChI is InChI=1S/C26H30ClFN5O2P/c1-34-17-11-26(12-17)14-33(15-26)21-7-5-6-19(23(21)35-2)31-25-29-13-18(27)24(32-25)30-20-10-16(28)8-9-22(20)36(3)4/h5-10,13,17H,11-12,14-15H2,1-4H3,(H2,29,30,31,32). The Morgan fingerprint density at radius 2 is 1.89 bits per heavy atom. The molecule has 10 heteroatoms. The largest absolute Gasteiger partial charge is 0.492 e. The van der Waals surface area contributed by atoms with Crippen molar-refractivity contribution in [1.29, 1.82) is 0 Å². The van der Waals surface area contributed by atoms with Gasteiger partial charge in [-0.05, 0) is 61.8 Å². The number of nitrogens with zero attached hydrogens (tertiary/aromatic N) is 3. The Morgan fingerprint density at radius 3 is 2.58 bits per heavy atom. The van der Waals surface area contributed by atoms with Gasteiger partial charge in [-0.25, -0.2) is 9.37 Å². The highest BCUT2D eigenvalue weighted by Gasteiger charge is 2.53. The van der Waals surface area contributed by atoms with Crippen molar-refractivity contribution in [3.8, 4) is 5.75 Å². The summed E-state index contributed by atoms with van der Waals surface area (Å²) < 4.78 is 25.3. The quantitative estimate of drug-likeness (QED) is 0.360. The molecule has 36 heavy (non-hydrogen) atoms. The van der Waals surface area contributed by atoms with Crippen LogP contribution in [0.3, 0.4) is 0 Å². The number of ether oxygens (including phenoxy) is 2. The lowest BCUT2D eigenvalue weighted by Gasteiger charge is -2.59. The lowest BCUT2D eigenvalue weighted by atomic mass is 9.61. The third kappa shape index (κ3) is 4.82. The molecule has 1 aliphatic carbocycles. The predicted octanol–water partition coefficient (Wildman–Crippen LogP) is 5.75. The molecule has 2 aromatic carbocycles. The van der Waals surface area contributed by atoms with Gasteiger partial charge >= 0.3 is 0 Å². The second-order valence-corrected chi connectivity index (χ2v) is 12.4. The van der Waals surface area contributed by atoms with Crippen molar-refractivity contribution >= 4 is 53.7 Å². The van der Waals surface area contributed by atoms with E-state index >= 15 is 0 Å². The monoisotopic (exact) mass is 529 g/mol. The molecule has 0 radical (unpaired) electrons. The average molecular weight is 530 g/mol. The Hall–Kier alpha value is -2.67. The number of hydrogen-bond donors (Lipinski definition) is 2. The molecule has 1 aliphatic heterocycles. The number of nitrogens with one attached hydrogen (secondary N) is 2. The van der Waals surface area contributed by atoms with Gasteiger partial charge in [0.1, 0.15) is 10.8 Å². The van der Waals surface area contributed by atoms with E-state index in [1.807, 2.05) is 12.1 Å². The smallest absolute Gasteiger partial charge is 0.229 e. The Morgan fingerprint density at radius 1 is 1.11 bits per heavy atom. The van der Waals surface area contributed by atoms with Crippen LogP contribution < -0.4 is 25.6 Å². The molecule has 2 N–H and O–H groups in total. The molecule has 0 atom stereocenters. The van der Waals surface area contributed by atoms with E-state index in [2.05, 4.69) is 44.9 Å². The molecular formula is C26H30ClFN5O2P. The third-order valence-corrected chi connectivity index (χ3v) is 8.56. The van der Waals surface area contributed by atoms with Gasteiger partial charge in [0.25, 0.3) is 0 Å². The zero-order valence-corrected chi connectivity index (χ0v) is 22.5. The van der Waals surface area contributed by atoms with Crippen LogP contribution in [-0.2, 0) is 4.74 Å². The Balaban J connectivity index is 1.36. The maximum Gasteiger partial charge on any atom is 0.229 e. The second kappa shape index (κ2) is 10.0. The molecule has 0 bridgehead atoms. The molecule has 7 nitrogen and oxygen atoms in total.